The number of phenols is 1. The molecule has 2 amide bonds. The Kier molecular flexibility index (Phi) is 9.09. The van der Waals surface area contributed by atoms with E-state index in [0.717, 1.165) is 31.1 Å². The van der Waals surface area contributed by atoms with Gasteiger partial charge in [0, 0.05) is 36.0 Å². The summed E-state index contributed by atoms with van der Waals surface area (Å²) >= 11 is 0. The van der Waals surface area contributed by atoms with E-state index in [2.05, 4.69) is 34.6 Å². The molecule has 0 aliphatic heterocycles. The summed E-state index contributed by atoms with van der Waals surface area (Å²) in [6.07, 6.45) is 2.60. The summed E-state index contributed by atoms with van der Waals surface area (Å²) in [5.74, 6) is -1.78. The predicted molar refractivity (Wildman–Crippen MR) is 142 cm³/mol. The minimum Gasteiger partial charge on any atom is -0.502 e. The van der Waals surface area contributed by atoms with Crippen LogP contribution in [-0.4, -0.2) is 41.1 Å². The van der Waals surface area contributed by atoms with Gasteiger partial charge in [0.05, 0.1) is 11.1 Å². The van der Waals surface area contributed by atoms with Gasteiger partial charge < -0.3 is 15.3 Å². The van der Waals surface area contributed by atoms with Gasteiger partial charge in [-0.2, -0.15) is 5.10 Å². The number of aromatic hydroxyl groups is 1. The summed E-state index contributed by atoms with van der Waals surface area (Å²) in [6, 6.07) is 19.9. The smallest absolute Gasteiger partial charge is 0.311 e. The van der Waals surface area contributed by atoms with E-state index in [9.17, 15) is 24.8 Å². The predicted octanol–water partition coefficient (Wildman–Crippen LogP) is 4.07. The summed E-state index contributed by atoms with van der Waals surface area (Å²) in [7, 11) is 0. The van der Waals surface area contributed by atoms with Crippen LogP contribution in [0.5, 0.6) is 5.75 Å². The average molecular weight is 502 g/mol. The van der Waals surface area contributed by atoms with E-state index in [4.69, 9.17) is 0 Å². The highest BCUT2D eigenvalue weighted by molar-refractivity contribution is 6.05. The zero-order valence-electron chi connectivity index (χ0n) is 20.4. The maximum Gasteiger partial charge on any atom is 0.311 e. The largest absolute Gasteiger partial charge is 0.502 e. The zero-order chi connectivity index (χ0) is 26.8. The Morgan fingerprint density at radius 2 is 1.68 bits per heavy atom. The van der Waals surface area contributed by atoms with Crippen molar-refractivity contribution in [1.82, 2.24) is 10.7 Å². The number of benzene rings is 3. The molecule has 10 nitrogen and oxygen atoms in total. The molecule has 0 fully saturated rings. The van der Waals surface area contributed by atoms with E-state index in [0.29, 0.717) is 11.1 Å². The van der Waals surface area contributed by atoms with Crippen molar-refractivity contribution < 1.29 is 19.6 Å². The van der Waals surface area contributed by atoms with Gasteiger partial charge in [-0.3, -0.25) is 19.7 Å². The monoisotopic (exact) mass is 501 g/mol. The fourth-order valence-corrected chi connectivity index (χ4v) is 3.50. The van der Waals surface area contributed by atoms with Gasteiger partial charge in [0.2, 0.25) is 5.75 Å². The number of nitro groups is 1. The third kappa shape index (κ3) is 7.01. The fraction of sp³-hybridized carbons (Fsp3) is 0.148. The number of hydrazone groups is 1. The van der Waals surface area contributed by atoms with Gasteiger partial charge in [0.15, 0.2) is 0 Å². The van der Waals surface area contributed by atoms with E-state index in [1.54, 1.807) is 30.3 Å². The summed E-state index contributed by atoms with van der Waals surface area (Å²) in [6.45, 7) is 5.83. The number of anilines is 1. The number of rotatable bonds is 10. The molecule has 37 heavy (non-hydrogen) atoms. The molecule has 10 heteroatoms. The van der Waals surface area contributed by atoms with Gasteiger partial charge in [-0.05, 0) is 55.8 Å². The molecule has 0 aliphatic carbocycles. The van der Waals surface area contributed by atoms with Gasteiger partial charge >= 0.3 is 5.69 Å². The standard InChI is InChI=1S/C27H27N5O5/c1-3-31(4-2)22-15-13-19(14-16-22)17-23(29-26(34)20-9-6-5-7-10-20)27(35)30-28-18-21-11-8-12-24(25(21)33)32(36)37/h5-18,33H,3-4H2,1-2H3,(H,29,34)(H,30,35). The first kappa shape index (κ1) is 26.6. The minimum absolute atomic E-state index is 0.0420. The van der Waals surface area contributed by atoms with Crippen LogP contribution >= 0.6 is 0 Å². The number of nitrogens with zero attached hydrogens (tertiary/aromatic N) is 3. The molecule has 0 bridgehead atoms. The molecule has 190 valence electrons. The molecule has 0 unspecified atom stereocenters. The first-order chi connectivity index (χ1) is 17.8. The first-order valence-corrected chi connectivity index (χ1v) is 11.6. The van der Waals surface area contributed by atoms with Crippen LogP contribution in [-0.2, 0) is 4.79 Å². The van der Waals surface area contributed by atoms with Gasteiger partial charge in [0.1, 0.15) is 5.70 Å². The van der Waals surface area contributed by atoms with Gasteiger partial charge in [0.25, 0.3) is 11.8 Å². The van der Waals surface area contributed by atoms with Crippen molar-refractivity contribution in [3.05, 3.63) is 105 Å². The van der Waals surface area contributed by atoms with Crippen LogP contribution in [0.15, 0.2) is 83.6 Å². The number of hydrogen-bond acceptors (Lipinski definition) is 7. The molecule has 3 rings (SSSR count). The van der Waals surface area contributed by atoms with Crippen molar-refractivity contribution in [2.24, 2.45) is 5.10 Å². The van der Waals surface area contributed by atoms with E-state index in [1.807, 2.05) is 24.3 Å². The molecule has 3 N–H and O–H groups in total. The Bertz CT molecular complexity index is 1320. The number of carbonyl (C=O) groups excluding carboxylic acids is 2. The maximum atomic E-state index is 12.9. The molecule has 0 aromatic heterocycles. The molecule has 3 aromatic carbocycles. The third-order valence-corrected chi connectivity index (χ3v) is 5.47. The number of amides is 2. The van der Waals surface area contributed by atoms with Crippen LogP contribution < -0.4 is 15.6 Å². The van der Waals surface area contributed by atoms with Crippen LogP contribution in [0, 0.1) is 10.1 Å². The summed E-state index contributed by atoms with van der Waals surface area (Å²) in [4.78, 5) is 38.1. The lowest BCUT2D eigenvalue weighted by Crippen LogP contribution is -2.32. The van der Waals surface area contributed by atoms with Crippen LogP contribution in [0.4, 0.5) is 11.4 Å². The van der Waals surface area contributed by atoms with E-state index >= 15 is 0 Å². The highest BCUT2D eigenvalue weighted by atomic mass is 16.6. The van der Waals surface area contributed by atoms with Crippen LogP contribution in [0.2, 0.25) is 0 Å². The van der Waals surface area contributed by atoms with Gasteiger partial charge in [-0.25, -0.2) is 5.43 Å². The molecular weight excluding hydrogens is 474 g/mol. The second-order valence-corrected chi connectivity index (χ2v) is 7.81. The molecule has 0 aliphatic rings. The van der Waals surface area contributed by atoms with Crippen molar-refractivity contribution in [2.75, 3.05) is 18.0 Å². The van der Waals surface area contributed by atoms with E-state index in [1.165, 1.54) is 18.2 Å². The van der Waals surface area contributed by atoms with Crippen LogP contribution in [0.25, 0.3) is 6.08 Å². The van der Waals surface area contributed by atoms with Crippen LogP contribution in [0.3, 0.4) is 0 Å². The molecule has 0 heterocycles. The Morgan fingerprint density at radius 3 is 2.30 bits per heavy atom. The van der Waals surface area contributed by atoms with Crippen LogP contribution in [0.1, 0.15) is 35.3 Å². The van der Waals surface area contributed by atoms with Crippen molar-refractivity contribution in [2.45, 2.75) is 13.8 Å². The quantitative estimate of drug-likeness (QED) is 0.166. The number of carbonyl (C=O) groups is 2. The molecule has 0 radical (unpaired) electrons. The highest BCUT2D eigenvalue weighted by Crippen LogP contribution is 2.27. The maximum absolute atomic E-state index is 12.9. The Morgan fingerprint density at radius 1 is 1.00 bits per heavy atom. The summed E-state index contributed by atoms with van der Waals surface area (Å²) in [5.41, 5.74) is 3.85. The fourth-order valence-electron chi connectivity index (χ4n) is 3.50. The lowest BCUT2D eigenvalue weighted by atomic mass is 10.1. The topological polar surface area (TPSA) is 137 Å². The van der Waals surface area contributed by atoms with E-state index in [-0.39, 0.29) is 11.3 Å². The van der Waals surface area contributed by atoms with Gasteiger partial charge in [-0.1, -0.05) is 36.4 Å². The number of hydrogen-bond donors (Lipinski definition) is 3. The molecule has 0 saturated heterocycles. The summed E-state index contributed by atoms with van der Waals surface area (Å²) in [5, 5.41) is 27.5. The number of nitro benzene ring substituents is 1. The second kappa shape index (κ2) is 12.6. The van der Waals surface area contributed by atoms with Gasteiger partial charge in [-0.15, -0.1) is 0 Å². The normalized spacial score (nSPS) is 11.2. The highest BCUT2D eigenvalue weighted by Gasteiger charge is 2.16. The lowest BCUT2D eigenvalue weighted by molar-refractivity contribution is -0.385. The number of para-hydroxylation sites is 1. The second-order valence-electron chi connectivity index (χ2n) is 7.81. The Balaban J connectivity index is 1.85. The molecule has 3 aromatic rings. The molecule has 0 spiro atoms. The van der Waals surface area contributed by atoms with Crippen molar-refractivity contribution in [3.8, 4) is 5.75 Å². The number of nitrogens with one attached hydrogen (secondary N) is 2. The van der Waals surface area contributed by atoms with Crippen molar-refractivity contribution in [3.63, 3.8) is 0 Å². The Hall–Kier alpha value is -4.99. The SMILES string of the molecule is CCN(CC)c1ccc(C=C(NC(=O)c2ccccc2)C(=O)NN=Cc2cccc([N+](=O)[O-])c2O)cc1. The zero-order valence-corrected chi connectivity index (χ0v) is 20.4. The third-order valence-electron chi connectivity index (χ3n) is 5.47. The molecular formula is C27H27N5O5. The molecule has 0 saturated carbocycles. The first-order valence-electron chi connectivity index (χ1n) is 11.6. The molecule has 0 atom stereocenters. The lowest BCUT2D eigenvalue weighted by Gasteiger charge is -2.20. The van der Waals surface area contributed by atoms with E-state index < -0.39 is 28.2 Å². The van der Waals surface area contributed by atoms with Crippen molar-refractivity contribution >= 4 is 35.5 Å². The number of phenolic OH excluding ortho intramolecular Hbond substituents is 1. The Labute approximate surface area is 214 Å². The minimum atomic E-state index is -0.725. The average Bonchev–Trinajstić information content (AvgIpc) is 2.91. The summed E-state index contributed by atoms with van der Waals surface area (Å²) < 4.78 is 0. The van der Waals surface area contributed by atoms with Crippen molar-refractivity contribution in [1.29, 1.82) is 0 Å².